The predicted octanol–water partition coefficient (Wildman–Crippen LogP) is 1.93. The maximum absolute atomic E-state index is 9.38. The molecule has 0 spiro atoms. The number of hydrogen-bond acceptors (Lipinski definition) is 4. The van der Waals surface area contributed by atoms with Crippen LogP contribution >= 0.6 is 0 Å². The van der Waals surface area contributed by atoms with Crippen LogP contribution in [-0.2, 0) is 20.1 Å². The SMILES string of the molecule is CCOc1cccc(CO)c1OCCc1cnn(C)c1. The van der Waals surface area contributed by atoms with Crippen molar-refractivity contribution in [3.63, 3.8) is 0 Å². The van der Waals surface area contributed by atoms with E-state index in [9.17, 15) is 5.11 Å². The van der Waals surface area contributed by atoms with E-state index in [1.165, 1.54) is 0 Å². The lowest BCUT2D eigenvalue weighted by Gasteiger charge is -2.14. The molecular weight excluding hydrogens is 256 g/mol. The van der Waals surface area contributed by atoms with Crippen molar-refractivity contribution in [1.82, 2.24) is 9.78 Å². The van der Waals surface area contributed by atoms with Crippen molar-refractivity contribution in [2.45, 2.75) is 20.0 Å². The molecule has 5 heteroatoms. The first-order chi connectivity index (χ1) is 9.74. The van der Waals surface area contributed by atoms with Gasteiger partial charge in [-0.05, 0) is 18.6 Å². The summed E-state index contributed by atoms with van der Waals surface area (Å²) >= 11 is 0. The number of ether oxygens (including phenoxy) is 2. The molecule has 0 aliphatic carbocycles. The van der Waals surface area contributed by atoms with Crippen molar-refractivity contribution >= 4 is 0 Å². The number of hydrogen-bond donors (Lipinski definition) is 1. The summed E-state index contributed by atoms with van der Waals surface area (Å²) in [5, 5.41) is 13.5. The molecule has 0 atom stereocenters. The van der Waals surface area contributed by atoms with Gasteiger partial charge < -0.3 is 14.6 Å². The number of aromatic nitrogens is 2. The molecule has 20 heavy (non-hydrogen) atoms. The zero-order valence-corrected chi connectivity index (χ0v) is 11.9. The summed E-state index contributed by atoms with van der Waals surface area (Å²) in [4.78, 5) is 0. The molecule has 0 amide bonds. The fourth-order valence-corrected chi connectivity index (χ4v) is 1.99. The third kappa shape index (κ3) is 3.51. The van der Waals surface area contributed by atoms with Crippen LogP contribution in [0.15, 0.2) is 30.6 Å². The largest absolute Gasteiger partial charge is 0.490 e. The Morgan fingerprint density at radius 3 is 2.80 bits per heavy atom. The maximum atomic E-state index is 9.38. The molecule has 2 rings (SSSR count). The highest BCUT2D eigenvalue weighted by atomic mass is 16.5. The van der Waals surface area contributed by atoms with Crippen molar-refractivity contribution in [2.75, 3.05) is 13.2 Å². The normalized spacial score (nSPS) is 10.6. The van der Waals surface area contributed by atoms with Crippen LogP contribution in [0.5, 0.6) is 11.5 Å². The van der Waals surface area contributed by atoms with Crippen LogP contribution in [0, 0.1) is 0 Å². The highest BCUT2D eigenvalue weighted by Gasteiger charge is 2.10. The highest BCUT2D eigenvalue weighted by molar-refractivity contribution is 5.46. The third-order valence-corrected chi connectivity index (χ3v) is 2.93. The van der Waals surface area contributed by atoms with Gasteiger partial charge in [0.1, 0.15) is 0 Å². The van der Waals surface area contributed by atoms with Gasteiger partial charge in [-0.25, -0.2) is 0 Å². The molecule has 0 saturated heterocycles. The van der Waals surface area contributed by atoms with E-state index in [0.717, 1.165) is 17.5 Å². The van der Waals surface area contributed by atoms with E-state index in [1.54, 1.807) is 4.68 Å². The Kier molecular flexibility index (Phi) is 5.01. The van der Waals surface area contributed by atoms with Crippen LogP contribution < -0.4 is 9.47 Å². The molecule has 0 unspecified atom stereocenters. The van der Waals surface area contributed by atoms with Gasteiger partial charge in [0.2, 0.25) is 0 Å². The van der Waals surface area contributed by atoms with E-state index in [-0.39, 0.29) is 6.61 Å². The van der Waals surface area contributed by atoms with Gasteiger partial charge in [-0.3, -0.25) is 4.68 Å². The summed E-state index contributed by atoms with van der Waals surface area (Å²) < 4.78 is 13.1. The Bertz CT molecular complexity index is 552. The van der Waals surface area contributed by atoms with E-state index in [2.05, 4.69) is 5.10 Å². The number of aliphatic hydroxyl groups excluding tert-OH is 1. The molecule has 1 aromatic heterocycles. The van der Waals surface area contributed by atoms with Gasteiger partial charge in [0.25, 0.3) is 0 Å². The molecule has 1 heterocycles. The lowest BCUT2D eigenvalue weighted by Crippen LogP contribution is -2.05. The molecule has 5 nitrogen and oxygen atoms in total. The van der Waals surface area contributed by atoms with Crippen LogP contribution in [0.2, 0.25) is 0 Å². The number of aryl methyl sites for hydroxylation is 1. The van der Waals surface area contributed by atoms with Gasteiger partial charge in [0.05, 0.1) is 26.0 Å². The summed E-state index contributed by atoms with van der Waals surface area (Å²) in [5.41, 5.74) is 1.86. The Hall–Kier alpha value is -2.01. The second-order valence-corrected chi connectivity index (χ2v) is 4.46. The molecule has 1 N–H and O–H groups in total. The molecule has 2 aromatic rings. The molecule has 0 saturated carbocycles. The Morgan fingerprint density at radius 2 is 2.15 bits per heavy atom. The van der Waals surface area contributed by atoms with Gasteiger partial charge in [0, 0.05) is 25.2 Å². The average Bonchev–Trinajstić information content (AvgIpc) is 2.86. The van der Waals surface area contributed by atoms with E-state index in [1.807, 2.05) is 44.6 Å². The molecule has 0 aliphatic rings. The second kappa shape index (κ2) is 6.96. The van der Waals surface area contributed by atoms with Crippen LogP contribution in [0.4, 0.5) is 0 Å². The summed E-state index contributed by atoms with van der Waals surface area (Å²) in [6, 6.07) is 5.54. The van der Waals surface area contributed by atoms with Gasteiger partial charge in [-0.2, -0.15) is 5.10 Å². The average molecular weight is 276 g/mol. The van der Waals surface area contributed by atoms with Gasteiger partial charge >= 0.3 is 0 Å². The number of para-hydroxylation sites is 1. The Labute approximate surface area is 118 Å². The van der Waals surface area contributed by atoms with Crippen LogP contribution in [-0.4, -0.2) is 28.1 Å². The summed E-state index contributed by atoms with van der Waals surface area (Å²) in [6.07, 6.45) is 4.55. The van der Waals surface area contributed by atoms with Crippen LogP contribution in [0.3, 0.4) is 0 Å². The molecular formula is C15H20N2O3. The standard InChI is InChI=1S/C15H20N2O3/c1-3-19-14-6-4-5-13(11-18)15(14)20-8-7-12-9-16-17(2)10-12/h4-6,9-10,18H,3,7-8,11H2,1-2H3. The zero-order chi connectivity index (χ0) is 14.4. The lowest BCUT2D eigenvalue weighted by atomic mass is 10.2. The fraction of sp³-hybridized carbons (Fsp3) is 0.400. The lowest BCUT2D eigenvalue weighted by molar-refractivity contribution is 0.250. The summed E-state index contributed by atoms with van der Waals surface area (Å²) in [7, 11) is 1.89. The van der Waals surface area contributed by atoms with E-state index in [0.29, 0.717) is 24.7 Å². The smallest absolute Gasteiger partial charge is 0.166 e. The monoisotopic (exact) mass is 276 g/mol. The minimum atomic E-state index is -0.0663. The minimum Gasteiger partial charge on any atom is -0.490 e. The Morgan fingerprint density at radius 1 is 1.30 bits per heavy atom. The minimum absolute atomic E-state index is 0.0663. The number of nitrogens with zero attached hydrogens (tertiary/aromatic N) is 2. The van der Waals surface area contributed by atoms with E-state index in [4.69, 9.17) is 9.47 Å². The topological polar surface area (TPSA) is 56.5 Å². The molecule has 0 fully saturated rings. The molecule has 108 valence electrons. The van der Waals surface area contributed by atoms with Crippen molar-refractivity contribution < 1.29 is 14.6 Å². The quantitative estimate of drug-likeness (QED) is 0.839. The van der Waals surface area contributed by atoms with E-state index >= 15 is 0 Å². The van der Waals surface area contributed by atoms with Gasteiger partial charge in [-0.1, -0.05) is 12.1 Å². The van der Waals surface area contributed by atoms with Crippen LogP contribution in [0.1, 0.15) is 18.1 Å². The van der Waals surface area contributed by atoms with Crippen LogP contribution in [0.25, 0.3) is 0 Å². The molecule has 0 bridgehead atoms. The summed E-state index contributed by atoms with van der Waals surface area (Å²) in [6.45, 7) is 2.94. The first-order valence-corrected chi connectivity index (χ1v) is 6.70. The van der Waals surface area contributed by atoms with Crippen molar-refractivity contribution in [3.8, 4) is 11.5 Å². The zero-order valence-electron chi connectivity index (χ0n) is 11.9. The Balaban J connectivity index is 2.03. The summed E-state index contributed by atoms with van der Waals surface area (Å²) in [5.74, 6) is 1.30. The highest BCUT2D eigenvalue weighted by Crippen LogP contribution is 2.31. The fourth-order valence-electron chi connectivity index (χ4n) is 1.99. The maximum Gasteiger partial charge on any atom is 0.166 e. The number of benzene rings is 1. The van der Waals surface area contributed by atoms with Gasteiger partial charge in [-0.15, -0.1) is 0 Å². The third-order valence-electron chi connectivity index (χ3n) is 2.93. The molecule has 0 aliphatic heterocycles. The predicted molar refractivity (Wildman–Crippen MR) is 75.9 cm³/mol. The number of rotatable bonds is 7. The van der Waals surface area contributed by atoms with Crippen molar-refractivity contribution in [1.29, 1.82) is 0 Å². The van der Waals surface area contributed by atoms with Crippen molar-refractivity contribution in [3.05, 3.63) is 41.7 Å². The number of aliphatic hydroxyl groups is 1. The molecule has 0 radical (unpaired) electrons. The first kappa shape index (κ1) is 14.4. The van der Waals surface area contributed by atoms with E-state index < -0.39 is 0 Å². The molecule has 1 aromatic carbocycles. The second-order valence-electron chi connectivity index (χ2n) is 4.46. The van der Waals surface area contributed by atoms with Crippen molar-refractivity contribution in [2.24, 2.45) is 7.05 Å². The van der Waals surface area contributed by atoms with Gasteiger partial charge in [0.15, 0.2) is 11.5 Å². The first-order valence-electron chi connectivity index (χ1n) is 6.70.